The van der Waals surface area contributed by atoms with E-state index in [1.165, 1.54) is 23.9 Å². The van der Waals surface area contributed by atoms with Gasteiger partial charge >= 0.3 is 6.18 Å². The van der Waals surface area contributed by atoms with Gasteiger partial charge in [0.05, 0.1) is 10.9 Å². The molecule has 2 aliphatic heterocycles. The van der Waals surface area contributed by atoms with Crippen LogP contribution >= 0.6 is 23.9 Å². The number of rotatable bonds is 6. The van der Waals surface area contributed by atoms with Crippen molar-refractivity contribution in [3.8, 4) is 0 Å². The molecule has 0 amide bonds. The van der Waals surface area contributed by atoms with Crippen molar-refractivity contribution in [2.75, 3.05) is 43.4 Å². The number of halogens is 3. The molecule has 2 saturated heterocycles. The first-order valence-corrected chi connectivity index (χ1v) is 12.4. The minimum Gasteiger partial charge on any atom is -0.326 e. The average Bonchev–Trinajstić information content (AvgIpc) is 2.67. The summed E-state index contributed by atoms with van der Waals surface area (Å²) in [5, 5.41) is 0.801. The lowest BCUT2D eigenvalue weighted by Crippen LogP contribution is -2.46. The summed E-state index contributed by atoms with van der Waals surface area (Å²) in [6, 6.07) is 3.74. The van der Waals surface area contributed by atoms with Crippen LogP contribution in [-0.4, -0.2) is 67.4 Å². The topological polar surface area (TPSA) is 62.5 Å². The van der Waals surface area contributed by atoms with Crippen LogP contribution in [-0.2, 0) is 17.3 Å². The molecule has 1 aromatic rings. The molecule has 0 aliphatic carbocycles. The highest BCUT2D eigenvalue weighted by Crippen LogP contribution is 2.39. The molecule has 0 saturated carbocycles. The Morgan fingerprint density at radius 1 is 1.25 bits per heavy atom. The highest BCUT2D eigenvalue weighted by Gasteiger charge is 2.45. The third kappa shape index (κ3) is 6.60. The number of piperidine rings is 1. The molecule has 28 heavy (non-hydrogen) atoms. The molecule has 2 aliphatic rings. The zero-order chi connectivity index (χ0) is 20.1. The molecular weight excluding hydrogens is 429 g/mol. The van der Waals surface area contributed by atoms with E-state index in [-0.39, 0.29) is 18.9 Å². The summed E-state index contributed by atoms with van der Waals surface area (Å²) < 4.78 is 55.7. The monoisotopic (exact) mass is 454 g/mol. The Hall–Kier alpha value is -0.330. The number of nitrogens with two attached hydrogens (primary N) is 1. The summed E-state index contributed by atoms with van der Waals surface area (Å²) in [7, 11) is -0.795. The van der Waals surface area contributed by atoms with E-state index in [0.29, 0.717) is 43.4 Å². The molecule has 158 valence electrons. The van der Waals surface area contributed by atoms with Gasteiger partial charge in [-0.15, -0.1) is 11.8 Å². The maximum absolute atomic E-state index is 13.5. The van der Waals surface area contributed by atoms with Crippen LogP contribution < -0.4 is 5.73 Å². The molecule has 0 radical (unpaired) electrons. The summed E-state index contributed by atoms with van der Waals surface area (Å²) in [4.78, 5) is 4.29. The molecule has 0 bridgehead atoms. The Morgan fingerprint density at radius 2 is 2.00 bits per heavy atom. The van der Waals surface area contributed by atoms with Crippen molar-refractivity contribution < 1.29 is 17.4 Å². The first kappa shape index (κ1) is 22.4. The molecular formula is C17H25F3N4OS3. The molecule has 5 nitrogen and oxygen atoms in total. The highest BCUT2D eigenvalue weighted by molar-refractivity contribution is 7.99. The van der Waals surface area contributed by atoms with Crippen molar-refractivity contribution >= 4 is 34.7 Å². The van der Waals surface area contributed by atoms with E-state index >= 15 is 0 Å². The molecule has 2 unspecified atom stereocenters. The minimum atomic E-state index is -4.19. The summed E-state index contributed by atoms with van der Waals surface area (Å²) in [6.45, 7) is 2.34. The fourth-order valence-electron chi connectivity index (χ4n) is 3.31. The zero-order valence-electron chi connectivity index (χ0n) is 15.4. The lowest BCUT2D eigenvalue weighted by Gasteiger charge is -2.40. The van der Waals surface area contributed by atoms with E-state index in [1.807, 2.05) is 20.7 Å². The Bertz CT molecular complexity index is 669. The second-order valence-electron chi connectivity index (χ2n) is 7.06. The van der Waals surface area contributed by atoms with E-state index in [0.717, 1.165) is 10.6 Å². The van der Waals surface area contributed by atoms with Crippen molar-refractivity contribution in [1.29, 1.82) is 0 Å². The van der Waals surface area contributed by atoms with Crippen LogP contribution in [0.2, 0.25) is 0 Å². The summed E-state index contributed by atoms with van der Waals surface area (Å²) in [5.74, 6) is 0.383. The van der Waals surface area contributed by atoms with Crippen LogP contribution in [0.25, 0.3) is 0 Å². The summed E-state index contributed by atoms with van der Waals surface area (Å²) in [6.07, 6.45) is -2.36. The van der Waals surface area contributed by atoms with Gasteiger partial charge in [0.25, 0.3) is 0 Å². The maximum Gasteiger partial charge on any atom is 0.393 e. The normalized spacial score (nSPS) is 25.9. The SMILES string of the molecule is NCc1ccnc(SCC2CC(C(F)(F)F)CN(SN3CCS(=O)CC3)C2)c1. The van der Waals surface area contributed by atoms with E-state index in [2.05, 4.69) is 4.98 Å². The van der Waals surface area contributed by atoms with Gasteiger partial charge in [-0.25, -0.2) is 13.6 Å². The number of hydrogen-bond donors (Lipinski definition) is 1. The molecule has 0 spiro atoms. The van der Waals surface area contributed by atoms with Crippen LogP contribution in [0.4, 0.5) is 13.2 Å². The van der Waals surface area contributed by atoms with E-state index in [4.69, 9.17) is 5.73 Å². The lowest BCUT2D eigenvalue weighted by atomic mass is 9.91. The summed E-state index contributed by atoms with van der Waals surface area (Å²) >= 11 is 2.88. The molecule has 2 fully saturated rings. The van der Waals surface area contributed by atoms with Crippen molar-refractivity contribution in [2.24, 2.45) is 17.6 Å². The number of hydrogen-bond acceptors (Lipinski definition) is 7. The number of aromatic nitrogens is 1. The van der Waals surface area contributed by atoms with Crippen LogP contribution in [0.1, 0.15) is 12.0 Å². The van der Waals surface area contributed by atoms with Crippen LogP contribution in [0, 0.1) is 11.8 Å². The predicted octanol–water partition coefficient (Wildman–Crippen LogP) is 2.76. The second kappa shape index (κ2) is 10.1. The Kier molecular flexibility index (Phi) is 8.08. The van der Waals surface area contributed by atoms with Crippen molar-refractivity contribution in [1.82, 2.24) is 13.6 Å². The summed E-state index contributed by atoms with van der Waals surface area (Å²) in [5.41, 5.74) is 6.61. The van der Waals surface area contributed by atoms with Crippen LogP contribution in [0.5, 0.6) is 0 Å². The van der Waals surface area contributed by atoms with Crippen LogP contribution in [0.15, 0.2) is 23.4 Å². The minimum absolute atomic E-state index is 0.00975. The molecule has 2 atom stereocenters. The lowest BCUT2D eigenvalue weighted by molar-refractivity contribution is -0.185. The molecule has 3 rings (SSSR count). The number of alkyl halides is 3. The van der Waals surface area contributed by atoms with Gasteiger partial charge in [0.15, 0.2) is 0 Å². The first-order valence-electron chi connectivity index (χ1n) is 9.21. The van der Waals surface area contributed by atoms with Gasteiger partial charge in [0, 0.05) is 79.1 Å². The van der Waals surface area contributed by atoms with Crippen LogP contribution in [0.3, 0.4) is 0 Å². The van der Waals surface area contributed by atoms with Gasteiger partial charge in [-0.1, -0.05) is 0 Å². The number of nitrogens with zero attached hydrogens (tertiary/aromatic N) is 3. The smallest absolute Gasteiger partial charge is 0.326 e. The van der Waals surface area contributed by atoms with Gasteiger partial charge in [-0.05, 0) is 30.0 Å². The number of pyridine rings is 1. The Morgan fingerprint density at radius 3 is 2.68 bits per heavy atom. The van der Waals surface area contributed by atoms with Gasteiger partial charge in [-0.2, -0.15) is 13.2 Å². The van der Waals surface area contributed by atoms with E-state index < -0.39 is 22.9 Å². The van der Waals surface area contributed by atoms with E-state index in [9.17, 15) is 17.4 Å². The molecule has 1 aromatic heterocycles. The molecule has 3 heterocycles. The fourth-order valence-corrected chi connectivity index (χ4v) is 6.81. The third-order valence-corrected chi connectivity index (χ3v) is 8.39. The maximum atomic E-state index is 13.5. The first-order chi connectivity index (χ1) is 13.3. The predicted molar refractivity (Wildman–Crippen MR) is 109 cm³/mol. The van der Waals surface area contributed by atoms with Gasteiger partial charge in [0.1, 0.15) is 0 Å². The fraction of sp³-hybridized carbons (Fsp3) is 0.706. The standard InChI is InChI=1S/C17H25F3N4OS3/c18-17(19,20)15-7-14(12-26-16-8-13(9-21)1-2-22-16)10-24(11-15)27-23-3-5-28(25)6-4-23/h1-2,8,14-15H,3-7,9-12,21H2. The van der Waals surface area contributed by atoms with Crippen molar-refractivity contribution in [3.05, 3.63) is 23.9 Å². The number of thioether (sulfide) groups is 1. The van der Waals surface area contributed by atoms with Gasteiger partial charge in [0.2, 0.25) is 0 Å². The Labute approximate surface area is 174 Å². The second-order valence-corrected chi connectivity index (χ2v) is 11.0. The van der Waals surface area contributed by atoms with E-state index in [1.54, 1.807) is 6.20 Å². The van der Waals surface area contributed by atoms with Crippen molar-refractivity contribution in [2.45, 2.75) is 24.2 Å². The Balaban J connectivity index is 1.60. The van der Waals surface area contributed by atoms with Gasteiger partial charge < -0.3 is 5.73 Å². The quantitative estimate of drug-likeness (QED) is 0.524. The van der Waals surface area contributed by atoms with Gasteiger partial charge in [-0.3, -0.25) is 4.21 Å². The zero-order valence-corrected chi connectivity index (χ0v) is 17.9. The molecule has 0 aromatic carbocycles. The molecule has 11 heteroatoms. The third-order valence-electron chi connectivity index (χ3n) is 4.84. The van der Waals surface area contributed by atoms with Crippen molar-refractivity contribution in [3.63, 3.8) is 0 Å². The largest absolute Gasteiger partial charge is 0.393 e. The highest BCUT2D eigenvalue weighted by atomic mass is 32.2. The average molecular weight is 455 g/mol. The molecule has 2 N–H and O–H groups in total.